The molecule has 0 unspecified atom stereocenters. The molecule has 1 aliphatic rings. The summed E-state index contributed by atoms with van der Waals surface area (Å²) in [4.78, 5) is 20.5. The van der Waals surface area contributed by atoms with Crippen molar-refractivity contribution in [2.75, 3.05) is 25.4 Å². The predicted molar refractivity (Wildman–Crippen MR) is 104 cm³/mol. The monoisotopic (exact) mass is 352 g/mol. The van der Waals surface area contributed by atoms with Gasteiger partial charge in [0.05, 0.1) is 11.3 Å². The van der Waals surface area contributed by atoms with Crippen molar-refractivity contribution in [3.63, 3.8) is 0 Å². The summed E-state index contributed by atoms with van der Waals surface area (Å²) in [6.45, 7) is 3.27. The number of aromatic nitrogens is 2. The van der Waals surface area contributed by atoms with Crippen molar-refractivity contribution in [2.45, 2.75) is 19.4 Å². The van der Waals surface area contributed by atoms with Gasteiger partial charge in [0, 0.05) is 35.9 Å². The number of H-pyrrole nitrogens is 2. The number of aromatic amines is 2. The third-order valence-corrected chi connectivity index (χ3v) is 5.27. The number of nitrogens with two attached hydrogens (primary N) is 1. The second kappa shape index (κ2) is 6.97. The number of likely N-dealkylation sites (tertiary alicyclic amines) is 1. The lowest BCUT2D eigenvalue weighted by atomic mass is 9.97. The van der Waals surface area contributed by atoms with E-state index in [4.69, 9.17) is 5.73 Å². The number of hydrogen-bond donors (Lipinski definition) is 4. The SMILES string of the molecule is Nc1c[nH]c(=O)c(-c2cc3cc(CN4CCC(CO)CC4)ccc3[nH]2)c1. The quantitative estimate of drug-likeness (QED) is 0.579. The summed E-state index contributed by atoms with van der Waals surface area (Å²) < 4.78 is 0. The van der Waals surface area contributed by atoms with E-state index < -0.39 is 0 Å². The van der Waals surface area contributed by atoms with Gasteiger partial charge in [-0.05, 0) is 61.7 Å². The van der Waals surface area contributed by atoms with Crippen LogP contribution in [0.15, 0.2) is 41.3 Å². The fourth-order valence-corrected chi connectivity index (χ4v) is 3.71. The molecule has 1 saturated heterocycles. The molecular weight excluding hydrogens is 328 g/mol. The molecule has 1 fully saturated rings. The number of fused-ring (bicyclic) bond motifs is 1. The molecule has 3 heterocycles. The van der Waals surface area contributed by atoms with Crippen molar-refractivity contribution in [1.82, 2.24) is 14.9 Å². The summed E-state index contributed by atoms with van der Waals surface area (Å²) in [6.07, 6.45) is 3.63. The van der Waals surface area contributed by atoms with E-state index in [1.165, 1.54) is 11.8 Å². The van der Waals surface area contributed by atoms with Crippen LogP contribution in [0.25, 0.3) is 22.2 Å². The van der Waals surface area contributed by atoms with Crippen molar-refractivity contribution in [3.8, 4) is 11.3 Å². The molecule has 1 aromatic carbocycles. The molecule has 1 aliphatic heterocycles. The van der Waals surface area contributed by atoms with Gasteiger partial charge >= 0.3 is 0 Å². The zero-order chi connectivity index (χ0) is 18.1. The third kappa shape index (κ3) is 3.38. The average molecular weight is 352 g/mol. The smallest absolute Gasteiger partial charge is 0.257 e. The van der Waals surface area contributed by atoms with Gasteiger partial charge in [-0.15, -0.1) is 0 Å². The van der Waals surface area contributed by atoms with Crippen molar-refractivity contribution in [3.05, 3.63) is 52.4 Å². The Morgan fingerprint density at radius 1 is 1.19 bits per heavy atom. The molecule has 0 atom stereocenters. The molecule has 6 nitrogen and oxygen atoms in total. The van der Waals surface area contributed by atoms with E-state index in [0.29, 0.717) is 23.8 Å². The van der Waals surface area contributed by atoms with E-state index in [2.05, 4.69) is 33.1 Å². The Balaban J connectivity index is 1.56. The Bertz CT molecular complexity index is 967. The maximum Gasteiger partial charge on any atom is 0.257 e. The average Bonchev–Trinajstić information content (AvgIpc) is 3.07. The highest BCUT2D eigenvalue weighted by Gasteiger charge is 2.18. The summed E-state index contributed by atoms with van der Waals surface area (Å²) >= 11 is 0. The van der Waals surface area contributed by atoms with Crippen molar-refractivity contribution in [2.24, 2.45) is 5.92 Å². The topological polar surface area (TPSA) is 98.1 Å². The van der Waals surface area contributed by atoms with Gasteiger partial charge in [-0.3, -0.25) is 9.69 Å². The van der Waals surface area contributed by atoms with Crippen molar-refractivity contribution >= 4 is 16.6 Å². The van der Waals surface area contributed by atoms with E-state index >= 15 is 0 Å². The van der Waals surface area contributed by atoms with Gasteiger partial charge in [-0.25, -0.2) is 0 Å². The first kappa shape index (κ1) is 16.9. The highest BCUT2D eigenvalue weighted by atomic mass is 16.3. The van der Waals surface area contributed by atoms with Crippen LogP contribution < -0.4 is 11.3 Å². The van der Waals surface area contributed by atoms with Crippen LogP contribution in [0.1, 0.15) is 18.4 Å². The Kier molecular flexibility index (Phi) is 4.53. The van der Waals surface area contributed by atoms with E-state index in [9.17, 15) is 9.90 Å². The number of hydrogen-bond acceptors (Lipinski definition) is 4. The second-order valence-electron chi connectivity index (χ2n) is 7.18. The number of nitrogens with one attached hydrogen (secondary N) is 2. The zero-order valence-corrected chi connectivity index (χ0v) is 14.7. The van der Waals surface area contributed by atoms with Gasteiger partial charge in [0.2, 0.25) is 0 Å². The van der Waals surface area contributed by atoms with E-state index in [1.54, 1.807) is 6.07 Å². The molecule has 0 spiro atoms. The lowest BCUT2D eigenvalue weighted by Crippen LogP contribution is -2.34. The molecule has 4 rings (SSSR count). The van der Waals surface area contributed by atoms with E-state index in [1.807, 2.05) is 6.07 Å². The molecule has 136 valence electrons. The van der Waals surface area contributed by atoms with Gasteiger partial charge in [-0.1, -0.05) is 6.07 Å². The molecule has 0 saturated carbocycles. The Labute approximate surface area is 151 Å². The second-order valence-corrected chi connectivity index (χ2v) is 7.18. The number of nitrogen functional groups attached to an aromatic ring is 1. The first-order valence-electron chi connectivity index (χ1n) is 9.06. The van der Waals surface area contributed by atoms with Crippen LogP contribution in [0.5, 0.6) is 0 Å². The molecule has 0 aliphatic carbocycles. The number of piperidine rings is 1. The first-order chi connectivity index (χ1) is 12.6. The third-order valence-electron chi connectivity index (χ3n) is 5.27. The van der Waals surface area contributed by atoms with Crippen LogP contribution in [0.4, 0.5) is 5.69 Å². The normalized spacial score (nSPS) is 16.3. The summed E-state index contributed by atoms with van der Waals surface area (Å²) in [5.41, 5.74) is 9.76. The maximum absolute atomic E-state index is 12.1. The number of benzene rings is 1. The molecule has 0 radical (unpaired) electrons. The van der Waals surface area contributed by atoms with Crippen LogP contribution in [-0.4, -0.2) is 39.7 Å². The first-order valence-corrected chi connectivity index (χ1v) is 9.06. The minimum atomic E-state index is -0.155. The Morgan fingerprint density at radius 2 is 2.00 bits per heavy atom. The van der Waals surface area contributed by atoms with Gasteiger partial charge in [-0.2, -0.15) is 0 Å². The van der Waals surface area contributed by atoms with Gasteiger partial charge in [0.25, 0.3) is 5.56 Å². The molecule has 3 aromatic rings. The number of anilines is 1. The number of aliphatic hydroxyl groups excluding tert-OH is 1. The van der Waals surface area contributed by atoms with Crippen LogP contribution >= 0.6 is 0 Å². The predicted octanol–water partition coefficient (Wildman–Crippen LogP) is 2.31. The Hall–Kier alpha value is -2.57. The maximum atomic E-state index is 12.1. The number of rotatable bonds is 4. The molecule has 26 heavy (non-hydrogen) atoms. The lowest BCUT2D eigenvalue weighted by molar-refractivity contribution is 0.127. The van der Waals surface area contributed by atoms with E-state index in [-0.39, 0.29) is 5.56 Å². The van der Waals surface area contributed by atoms with Gasteiger partial charge in [0.1, 0.15) is 0 Å². The fourth-order valence-electron chi connectivity index (χ4n) is 3.71. The minimum Gasteiger partial charge on any atom is -0.398 e. The molecule has 2 aromatic heterocycles. The van der Waals surface area contributed by atoms with Crippen LogP contribution in [-0.2, 0) is 6.54 Å². The van der Waals surface area contributed by atoms with Gasteiger partial charge < -0.3 is 20.8 Å². The molecule has 6 heteroatoms. The summed E-state index contributed by atoms with van der Waals surface area (Å²) in [5.74, 6) is 0.456. The molecule has 5 N–H and O–H groups in total. The highest BCUT2D eigenvalue weighted by molar-refractivity contribution is 5.86. The highest BCUT2D eigenvalue weighted by Crippen LogP contribution is 2.25. The Morgan fingerprint density at radius 3 is 2.77 bits per heavy atom. The summed E-state index contributed by atoms with van der Waals surface area (Å²) in [6, 6.07) is 10.1. The number of aliphatic hydroxyl groups is 1. The summed E-state index contributed by atoms with van der Waals surface area (Å²) in [5, 5.41) is 10.4. The van der Waals surface area contributed by atoms with Crippen LogP contribution in [0.2, 0.25) is 0 Å². The molecule has 0 bridgehead atoms. The molecule has 0 amide bonds. The van der Waals surface area contributed by atoms with Crippen molar-refractivity contribution < 1.29 is 5.11 Å². The fraction of sp³-hybridized carbons (Fsp3) is 0.350. The van der Waals surface area contributed by atoms with Gasteiger partial charge in [0.15, 0.2) is 0 Å². The summed E-state index contributed by atoms with van der Waals surface area (Å²) in [7, 11) is 0. The number of pyridine rings is 1. The van der Waals surface area contributed by atoms with Crippen LogP contribution in [0, 0.1) is 5.92 Å². The van der Waals surface area contributed by atoms with E-state index in [0.717, 1.165) is 49.1 Å². The largest absolute Gasteiger partial charge is 0.398 e. The van der Waals surface area contributed by atoms with Crippen molar-refractivity contribution in [1.29, 1.82) is 0 Å². The standard InChI is InChI=1S/C20H24N4O2/c21-16-9-17(20(26)22-10-16)19-8-15-7-14(1-2-18(15)23-19)11-24-5-3-13(12-25)4-6-24/h1-2,7-10,13,23,25H,3-6,11-12,21H2,(H,22,26). The lowest BCUT2D eigenvalue weighted by Gasteiger charge is -2.31. The number of nitrogens with zero attached hydrogens (tertiary/aromatic N) is 1. The zero-order valence-electron chi connectivity index (χ0n) is 14.7. The molecular formula is C20H24N4O2. The minimum absolute atomic E-state index is 0.155. The van der Waals surface area contributed by atoms with Crippen LogP contribution in [0.3, 0.4) is 0 Å².